The number of rotatable bonds is 2. The predicted molar refractivity (Wildman–Crippen MR) is 46.3 cm³/mol. The molecular formula is C7H13NO4S. The van der Waals surface area contributed by atoms with Gasteiger partial charge in [-0.15, -0.1) is 0 Å². The first-order chi connectivity index (χ1) is 5.84. The van der Waals surface area contributed by atoms with Gasteiger partial charge in [0.25, 0.3) is 0 Å². The number of carbonyl (C=O) groups is 1. The van der Waals surface area contributed by atoms with Crippen LogP contribution >= 0.6 is 0 Å². The average molecular weight is 207 g/mol. The van der Waals surface area contributed by atoms with E-state index in [4.69, 9.17) is 0 Å². The summed E-state index contributed by atoms with van der Waals surface area (Å²) >= 11 is 0. The van der Waals surface area contributed by atoms with Crippen LogP contribution in [-0.4, -0.2) is 37.7 Å². The van der Waals surface area contributed by atoms with E-state index in [-0.39, 0.29) is 12.6 Å². The van der Waals surface area contributed by atoms with E-state index in [0.717, 1.165) is 10.6 Å². The van der Waals surface area contributed by atoms with Crippen LogP contribution in [0.3, 0.4) is 0 Å². The zero-order chi connectivity index (χ0) is 10.2. The minimum absolute atomic E-state index is 0.0651. The number of ether oxygens (including phenoxy) is 1. The molecule has 0 spiro atoms. The molecule has 0 aromatic heterocycles. The molecule has 0 aromatic rings. The second-order valence-electron chi connectivity index (χ2n) is 3.43. The van der Waals surface area contributed by atoms with E-state index >= 15 is 0 Å². The summed E-state index contributed by atoms with van der Waals surface area (Å²) in [5.74, 6) is -0.523. The third-order valence-electron chi connectivity index (χ3n) is 1.94. The topological polar surface area (TPSA) is 63.7 Å². The number of carbonyl (C=O) groups excluding carboxylic acids is 1. The minimum atomic E-state index is -3.34. The highest BCUT2D eigenvalue weighted by atomic mass is 32.2. The Balaban J connectivity index is 2.95. The van der Waals surface area contributed by atoms with Crippen LogP contribution in [0.15, 0.2) is 0 Å². The first-order valence-corrected chi connectivity index (χ1v) is 5.82. The average Bonchev–Trinajstić information content (AvgIpc) is 2.28. The molecule has 1 aliphatic heterocycles. The SMILES string of the molecule is CC(C)[C@H]1C(=O)OCN1S(C)(=O)=O. The summed E-state index contributed by atoms with van der Waals surface area (Å²) in [7, 11) is -3.34. The van der Waals surface area contributed by atoms with Crippen molar-refractivity contribution in [2.45, 2.75) is 19.9 Å². The molecule has 0 radical (unpaired) electrons. The lowest BCUT2D eigenvalue weighted by Gasteiger charge is -2.19. The maximum Gasteiger partial charge on any atom is 0.326 e. The number of cyclic esters (lactones) is 1. The fourth-order valence-corrected chi connectivity index (χ4v) is 2.30. The van der Waals surface area contributed by atoms with Crippen LogP contribution in [0.2, 0.25) is 0 Å². The molecule has 1 fully saturated rings. The van der Waals surface area contributed by atoms with E-state index in [9.17, 15) is 13.2 Å². The molecule has 0 bridgehead atoms. The van der Waals surface area contributed by atoms with E-state index in [2.05, 4.69) is 4.74 Å². The molecular weight excluding hydrogens is 194 g/mol. The van der Waals surface area contributed by atoms with E-state index in [1.807, 2.05) is 0 Å². The molecule has 5 nitrogen and oxygen atoms in total. The molecule has 0 aromatic carbocycles. The van der Waals surface area contributed by atoms with Gasteiger partial charge in [-0.05, 0) is 5.92 Å². The Bertz CT molecular complexity index is 308. The lowest BCUT2D eigenvalue weighted by molar-refractivity contribution is -0.139. The van der Waals surface area contributed by atoms with Gasteiger partial charge < -0.3 is 4.74 Å². The van der Waals surface area contributed by atoms with Crippen molar-refractivity contribution in [3.05, 3.63) is 0 Å². The summed E-state index contributed by atoms with van der Waals surface area (Å²) in [6.45, 7) is 3.42. The Morgan fingerprint density at radius 2 is 2.08 bits per heavy atom. The normalized spacial score (nSPS) is 25.2. The molecule has 0 unspecified atom stereocenters. The largest absolute Gasteiger partial charge is 0.447 e. The van der Waals surface area contributed by atoms with Crippen molar-refractivity contribution in [2.75, 3.05) is 13.0 Å². The molecule has 6 heteroatoms. The maximum absolute atomic E-state index is 11.2. The third-order valence-corrected chi connectivity index (χ3v) is 3.13. The standard InChI is InChI=1S/C7H13NO4S/c1-5(2)6-7(9)12-4-8(6)13(3,10)11/h5-6H,4H2,1-3H3/t6-/m0/s1. The lowest BCUT2D eigenvalue weighted by Crippen LogP contribution is -2.40. The van der Waals surface area contributed by atoms with E-state index in [0.29, 0.717) is 0 Å². The minimum Gasteiger partial charge on any atom is -0.447 e. The van der Waals surface area contributed by atoms with Crippen LogP contribution in [0.4, 0.5) is 0 Å². The zero-order valence-electron chi connectivity index (χ0n) is 7.85. The first kappa shape index (κ1) is 10.5. The van der Waals surface area contributed by atoms with Gasteiger partial charge in [-0.1, -0.05) is 13.8 Å². The number of hydrogen-bond donors (Lipinski definition) is 0. The number of sulfonamides is 1. The zero-order valence-corrected chi connectivity index (χ0v) is 8.67. The highest BCUT2D eigenvalue weighted by Gasteiger charge is 2.41. The fourth-order valence-electron chi connectivity index (χ4n) is 1.32. The van der Waals surface area contributed by atoms with Crippen LogP contribution in [-0.2, 0) is 19.6 Å². The molecule has 0 N–H and O–H groups in total. The molecule has 76 valence electrons. The third kappa shape index (κ3) is 2.00. The van der Waals surface area contributed by atoms with Gasteiger partial charge >= 0.3 is 5.97 Å². The summed E-state index contributed by atoms with van der Waals surface area (Å²) < 4.78 is 28.1. The van der Waals surface area contributed by atoms with Crippen LogP contribution in [0.1, 0.15) is 13.8 Å². The van der Waals surface area contributed by atoms with Gasteiger partial charge in [0.1, 0.15) is 6.04 Å². The van der Waals surface area contributed by atoms with E-state index in [1.165, 1.54) is 0 Å². The Kier molecular flexibility index (Phi) is 2.63. The van der Waals surface area contributed by atoms with Crippen molar-refractivity contribution in [1.82, 2.24) is 4.31 Å². The van der Waals surface area contributed by atoms with E-state index < -0.39 is 22.0 Å². The van der Waals surface area contributed by atoms with Crippen molar-refractivity contribution in [2.24, 2.45) is 5.92 Å². The smallest absolute Gasteiger partial charge is 0.326 e. The van der Waals surface area contributed by atoms with Gasteiger partial charge in [0.15, 0.2) is 6.73 Å². The molecule has 1 saturated heterocycles. The number of nitrogens with zero attached hydrogens (tertiary/aromatic N) is 1. The van der Waals surface area contributed by atoms with Gasteiger partial charge in [0.2, 0.25) is 10.0 Å². The summed E-state index contributed by atoms with van der Waals surface area (Å²) in [4.78, 5) is 11.1. The lowest BCUT2D eigenvalue weighted by atomic mass is 10.1. The molecule has 1 heterocycles. The van der Waals surface area contributed by atoms with E-state index in [1.54, 1.807) is 13.8 Å². The first-order valence-electron chi connectivity index (χ1n) is 3.97. The van der Waals surface area contributed by atoms with Gasteiger partial charge in [0, 0.05) is 0 Å². The van der Waals surface area contributed by atoms with Gasteiger partial charge in [0.05, 0.1) is 6.26 Å². The second-order valence-corrected chi connectivity index (χ2v) is 5.37. The van der Waals surface area contributed by atoms with Gasteiger partial charge in [-0.3, -0.25) is 4.79 Å². The second kappa shape index (κ2) is 3.26. The van der Waals surface area contributed by atoms with Crippen molar-refractivity contribution >= 4 is 16.0 Å². The summed E-state index contributed by atoms with van der Waals surface area (Å²) in [6.07, 6.45) is 1.07. The van der Waals surface area contributed by atoms with Crippen LogP contribution in [0.25, 0.3) is 0 Å². The fraction of sp³-hybridized carbons (Fsp3) is 0.857. The van der Waals surface area contributed by atoms with Gasteiger partial charge in [-0.2, -0.15) is 4.31 Å². The Morgan fingerprint density at radius 3 is 2.38 bits per heavy atom. The quantitative estimate of drug-likeness (QED) is 0.588. The molecule has 1 rings (SSSR count). The van der Waals surface area contributed by atoms with Crippen molar-refractivity contribution in [3.8, 4) is 0 Å². The predicted octanol–water partition coefficient (Wildman–Crippen LogP) is -0.213. The highest BCUT2D eigenvalue weighted by Crippen LogP contribution is 2.21. The molecule has 0 saturated carbocycles. The van der Waals surface area contributed by atoms with Crippen molar-refractivity contribution in [3.63, 3.8) is 0 Å². The molecule has 1 atom stereocenters. The Hall–Kier alpha value is -0.620. The Labute approximate surface area is 77.7 Å². The Morgan fingerprint density at radius 1 is 1.54 bits per heavy atom. The van der Waals surface area contributed by atoms with Crippen LogP contribution < -0.4 is 0 Å². The maximum atomic E-state index is 11.2. The summed E-state index contributed by atoms with van der Waals surface area (Å²) in [6, 6.07) is -0.657. The molecule has 0 aliphatic carbocycles. The highest BCUT2D eigenvalue weighted by molar-refractivity contribution is 7.88. The van der Waals surface area contributed by atoms with Crippen LogP contribution in [0.5, 0.6) is 0 Å². The van der Waals surface area contributed by atoms with Crippen LogP contribution in [0, 0.1) is 5.92 Å². The monoisotopic (exact) mass is 207 g/mol. The van der Waals surface area contributed by atoms with Gasteiger partial charge in [-0.25, -0.2) is 8.42 Å². The molecule has 1 aliphatic rings. The summed E-state index contributed by atoms with van der Waals surface area (Å²) in [5, 5.41) is 0. The van der Waals surface area contributed by atoms with Crippen molar-refractivity contribution < 1.29 is 17.9 Å². The summed E-state index contributed by atoms with van der Waals surface area (Å²) in [5.41, 5.74) is 0. The molecule has 0 amide bonds. The number of esters is 1. The molecule has 13 heavy (non-hydrogen) atoms. The van der Waals surface area contributed by atoms with Crippen molar-refractivity contribution in [1.29, 1.82) is 0 Å². The number of hydrogen-bond acceptors (Lipinski definition) is 4.